The Morgan fingerprint density at radius 3 is 2.68 bits per heavy atom. The second-order valence-corrected chi connectivity index (χ2v) is 7.26. The van der Waals surface area contributed by atoms with E-state index < -0.39 is 0 Å². The molecule has 0 bridgehead atoms. The number of hydrogen-bond acceptors (Lipinski definition) is 5. The fourth-order valence-electron chi connectivity index (χ4n) is 3.67. The highest BCUT2D eigenvalue weighted by atomic mass is 16.1. The van der Waals surface area contributed by atoms with Gasteiger partial charge in [0.2, 0.25) is 0 Å². The quantitative estimate of drug-likeness (QED) is 0.417. The first-order chi connectivity index (χ1) is 15.0. The number of aryl methyl sites for hydroxylation is 1. The molecule has 2 aromatic carbocycles. The number of aromatic amines is 1. The third kappa shape index (κ3) is 3.73. The van der Waals surface area contributed by atoms with Crippen molar-refractivity contribution in [2.45, 2.75) is 19.9 Å². The molecule has 2 aromatic heterocycles. The van der Waals surface area contributed by atoms with Gasteiger partial charge < -0.3 is 16.0 Å². The SMILES string of the molecule is C=C/C=C(/NC(C)c1nc2cccc(C)c2c(=O)n1-c1ccccc1)c1[nH]cnc1N. The van der Waals surface area contributed by atoms with Crippen molar-refractivity contribution in [2.75, 3.05) is 5.73 Å². The van der Waals surface area contributed by atoms with E-state index in [9.17, 15) is 4.79 Å². The van der Waals surface area contributed by atoms with Gasteiger partial charge in [-0.3, -0.25) is 9.36 Å². The number of allylic oxidation sites excluding steroid dienone is 2. The molecule has 0 saturated heterocycles. The molecule has 0 aliphatic rings. The van der Waals surface area contributed by atoms with E-state index in [1.54, 1.807) is 16.7 Å². The van der Waals surface area contributed by atoms with Gasteiger partial charge in [0.15, 0.2) is 5.82 Å². The van der Waals surface area contributed by atoms with Gasteiger partial charge in [-0.1, -0.05) is 43.0 Å². The molecule has 0 aliphatic heterocycles. The lowest BCUT2D eigenvalue weighted by molar-refractivity contribution is 0.623. The lowest BCUT2D eigenvalue weighted by Gasteiger charge is -2.22. The van der Waals surface area contributed by atoms with Crippen LogP contribution in [0.5, 0.6) is 0 Å². The number of benzene rings is 2. The summed E-state index contributed by atoms with van der Waals surface area (Å²) in [5.74, 6) is 0.956. The number of para-hydroxylation sites is 1. The minimum absolute atomic E-state index is 0.103. The van der Waals surface area contributed by atoms with Crippen molar-refractivity contribution in [3.63, 3.8) is 0 Å². The maximum absolute atomic E-state index is 13.6. The molecule has 0 saturated carbocycles. The van der Waals surface area contributed by atoms with Crippen LogP contribution in [0, 0.1) is 6.92 Å². The number of rotatable bonds is 6. The second-order valence-electron chi connectivity index (χ2n) is 7.26. The van der Waals surface area contributed by atoms with E-state index in [1.165, 1.54) is 6.33 Å². The molecule has 0 radical (unpaired) electrons. The van der Waals surface area contributed by atoms with Crippen molar-refractivity contribution >= 4 is 22.4 Å². The summed E-state index contributed by atoms with van der Waals surface area (Å²) in [6, 6.07) is 14.9. The van der Waals surface area contributed by atoms with Crippen molar-refractivity contribution in [2.24, 2.45) is 0 Å². The number of H-pyrrole nitrogens is 1. The van der Waals surface area contributed by atoms with Crippen molar-refractivity contribution in [3.8, 4) is 5.69 Å². The zero-order valence-electron chi connectivity index (χ0n) is 17.5. The van der Waals surface area contributed by atoms with E-state index in [2.05, 4.69) is 21.9 Å². The van der Waals surface area contributed by atoms with Gasteiger partial charge in [0.25, 0.3) is 5.56 Å². The fourth-order valence-corrected chi connectivity index (χ4v) is 3.67. The van der Waals surface area contributed by atoms with Crippen molar-refractivity contribution in [1.29, 1.82) is 0 Å². The molecule has 7 heteroatoms. The molecule has 0 fully saturated rings. The molecule has 7 nitrogen and oxygen atoms in total. The Morgan fingerprint density at radius 1 is 1.23 bits per heavy atom. The lowest BCUT2D eigenvalue weighted by Crippen LogP contribution is -2.30. The summed E-state index contributed by atoms with van der Waals surface area (Å²) in [5.41, 5.74) is 9.55. The van der Waals surface area contributed by atoms with Gasteiger partial charge in [-0.05, 0) is 43.7 Å². The van der Waals surface area contributed by atoms with E-state index in [4.69, 9.17) is 10.7 Å². The summed E-state index contributed by atoms with van der Waals surface area (Å²) in [7, 11) is 0. The van der Waals surface area contributed by atoms with Gasteiger partial charge in [0.1, 0.15) is 11.5 Å². The number of fused-ring (bicyclic) bond motifs is 1. The van der Waals surface area contributed by atoms with Crippen LogP contribution in [0.15, 0.2) is 78.4 Å². The van der Waals surface area contributed by atoms with Crippen LogP contribution in [0.2, 0.25) is 0 Å². The number of aromatic nitrogens is 4. The fraction of sp³-hybridized carbons (Fsp3) is 0.125. The summed E-state index contributed by atoms with van der Waals surface area (Å²) in [6.07, 6.45) is 5.00. The van der Waals surface area contributed by atoms with Crippen LogP contribution < -0.4 is 16.6 Å². The number of nitrogen functional groups attached to an aromatic ring is 1. The molecule has 4 N–H and O–H groups in total. The molecule has 0 amide bonds. The predicted octanol–water partition coefficient (Wildman–Crippen LogP) is 3.88. The molecule has 31 heavy (non-hydrogen) atoms. The maximum atomic E-state index is 13.6. The van der Waals surface area contributed by atoms with E-state index in [0.29, 0.717) is 33.9 Å². The maximum Gasteiger partial charge on any atom is 0.266 e. The average Bonchev–Trinajstić information content (AvgIpc) is 3.19. The normalized spacial score (nSPS) is 12.6. The first-order valence-corrected chi connectivity index (χ1v) is 9.97. The Morgan fingerprint density at radius 2 is 2.00 bits per heavy atom. The van der Waals surface area contributed by atoms with Crippen molar-refractivity contribution in [1.82, 2.24) is 24.8 Å². The zero-order chi connectivity index (χ0) is 22.0. The number of nitrogens with zero attached hydrogens (tertiary/aromatic N) is 3. The molecular formula is C24H24N6O. The highest BCUT2D eigenvalue weighted by Crippen LogP contribution is 2.23. The Labute approximate surface area is 180 Å². The third-order valence-electron chi connectivity index (χ3n) is 5.13. The van der Waals surface area contributed by atoms with Gasteiger partial charge >= 0.3 is 0 Å². The molecule has 1 unspecified atom stereocenters. The molecule has 1 atom stereocenters. The average molecular weight is 412 g/mol. The first-order valence-electron chi connectivity index (χ1n) is 9.97. The molecular weight excluding hydrogens is 388 g/mol. The van der Waals surface area contributed by atoms with Crippen LogP contribution in [-0.4, -0.2) is 19.5 Å². The molecule has 2 heterocycles. The lowest BCUT2D eigenvalue weighted by atomic mass is 10.1. The molecule has 0 aliphatic carbocycles. The van der Waals surface area contributed by atoms with Crippen LogP contribution in [-0.2, 0) is 0 Å². The smallest absolute Gasteiger partial charge is 0.266 e. The second kappa shape index (κ2) is 8.31. The predicted molar refractivity (Wildman–Crippen MR) is 125 cm³/mol. The summed E-state index contributed by atoms with van der Waals surface area (Å²) in [5, 5.41) is 4.02. The van der Waals surface area contributed by atoms with Gasteiger partial charge in [-0.2, -0.15) is 0 Å². The minimum Gasteiger partial charge on any atom is -0.382 e. The Balaban J connectivity index is 1.90. The Bertz CT molecular complexity index is 1330. The summed E-state index contributed by atoms with van der Waals surface area (Å²) >= 11 is 0. The number of nitrogens with one attached hydrogen (secondary N) is 2. The number of nitrogens with two attached hydrogens (primary N) is 1. The van der Waals surface area contributed by atoms with E-state index in [0.717, 1.165) is 11.3 Å². The van der Waals surface area contributed by atoms with Gasteiger partial charge in [-0.25, -0.2) is 9.97 Å². The van der Waals surface area contributed by atoms with Crippen LogP contribution in [0.3, 0.4) is 0 Å². The Hall–Kier alpha value is -4.13. The topological polar surface area (TPSA) is 102 Å². The summed E-state index contributed by atoms with van der Waals surface area (Å²) in [4.78, 5) is 25.6. The zero-order valence-corrected chi connectivity index (χ0v) is 17.5. The minimum atomic E-state index is -0.327. The number of imidazole rings is 1. The van der Waals surface area contributed by atoms with Crippen LogP contribution in [0.1, 0.15) is 30.0 Å². The molecule has 156 valence electrons. The molecule has 0 spiro atoms. The van der Waals surface area contributed by atoms with E-state index >= 15 is 0 Å². The van der Waals surface area contributed by atoms with Gasteiger partial charge in [0, 0.05) is 0 Å². The number of anilines is 1. The standard InChI is InChI=1S/C24H24N6O/c1-4-9-19(21-22(25)27-14-26-21)28-16(3)23-29-18-13-8-10-15(2)20(18)24(31)30(23)17-11-6-5-7-12-17/h4-14,16,28H,1,25H2,2-3H3,(H,26,27)/b19-9+. The molecule has 4 aromatic rings. The summed E-state index contributed by atoms with van der Waals surface area (Å²) < 4.78 is 1.66. The van der Waals surface area contributed by atoms with Crippen LogP contribution in [0.4, 0.5) is 5.82 Å². The van der Waals surface area contributed by atoms with Crippen LogP contribution >= 0.6 is 0 Å². The van der Waals surface area contributed by atoms with Crippen molar-refractivity contribution < 1.29 is 0 Å². The number of hydrogen-bond donors (Lipinski definition) is 3. The largest absolute Gasteiger partial charge is 0.382 e. The van der Waals surface area contributed by atoms with Gasteiger partial charge in [-0.15, -0.1) is 0 Å². The van der Waals surface area contributed by atoms with E-state index in [1.807, 2.05) is 62.4 Å². The first kappa shape index (κ1) is 20.2. The van der Waals surface area contributed by atoms with Crippen LogP contribution in [0.25, 0.3) is 22.3 Å². The highest BCUT2D eigenvalue weighted by molar-refractivity contribution is 5.81. The van der Waals surface area contributed by atoms with Crippen molar-refractivity contribution in [3.05, 3.63) is 101 Å². The molecule has 4 rings (SSSR count). The van der Waals surface area contributed by atoms with E-state index in [-0.39, 0.29) is 11.6 Å². The van der Waals surface area contributed by atoms with Gasteiger partial charge in [0.05, 0.1) is 34.7 Å². The monoisotopic (exact) mass is 412 g/mol. The third-order valence-corrected chi connectivity index (χ3v) is 5.13. The Kier molecular flexibility index (Phi) is 5.41. The highest BCUT2D eigenvalue weighted by Gasteiger charge is 2.20. The summed E-state index contributed by atoms with van der Waals surface area (Å²) in [6.45, 7) is 7.66.